The van der Waals surface area contributed by atoms with Gasteiger partial charge in [0, 0.05) is 17.4 Å². The summed E-state index contributed by atoms with van der Waals surface area (Å²) < 4.78 is 5.08. The van der Waals surface area contributed by atoms with E-state index in [2.05, 4.69) is 13.8 Å². The van der Waals surface area contributed by atoms with Crippen molar-refractivity contribution in [3.05, 3.63) is 59.7 Å². The first kappa shape index (κ1) is 28.3. The van der Waals surface area contributed by atoms with Gasteiger partial charge in [0.25, 0.3) is 5.91 Å². The van der Waals surface area contributed by atoms with Crippen molar-refractivity contribution < 1.29 is 23.9 Å². The van der Waals surface area contributed by atoms with Crippen LogP contribution in [-0.4, -0.2) is 53.4 Å². The number of imide groups is 1. The maximum atomic E-state index is 14.0. The standard InChI is InChI=1S/C31H39N3O5/c1-6-39-28(36)23-14-16-24(17-15-23)34-30(38)32(29(37)31(34)18-10-7-11-19-31)20-27(35)33(22(4)5)26-13-9-8-12-25(26)21(2)3/h8-9,12-17,21-22H,6-7,10-11,18-20H2,1-5H3. The molecule has 0 unspecified atom stereocenters. The molecule has 1 spiro atoms. The van der Waals surface area contributed by atoms with E-state index in [0.29, 0.717) is 24.1 Å². The molecule has 39 heavy (non-hydrogen) atoms. The average Bonchev–Trinajstić information content (AvgIpc) is 3.10. The van der Waals surface area contributed by atoms with Gasteiger partial charge in [0.15, 0.2) is 0 Å². The van der Waals surface area contributed by atoms with Gasteiger partial charge >= 0.3 is 12.0 Å². The number of rotatable bonds is 8. The summed E-state index contributed by atoms with van der Waals surface area (Å²) >= 11 is 0. The Morgan fingerprint density at radius 1 is 0.949 bits per heavy atom. The highest BCUT2D eigenvalue weighted by molar-refractivity contribution is 6.19. The van der Waals surface area contributed by atoms with Gasteiger partial charge in [0.1, 0.15) is 12.1 Å². The monoisotopic (exact) mass is 533 g/mol. The molecular formula is C31H39N3O5. The minimum Gasteiger partial charge on any atom is -0.462 e. The lowest BCUT2D eigenvalue weighted by molar-refractivity contribution is -0.135. The number of hydrogen-bond donors (Lipinski definition) is 0. The Morgan fingerprint density at radius 2 is 1.59 bits per heavy atom. The van der Waals surface area contributed by atoms with Crippen molar-refractivity contribution >= 4 is 35.2 Å². The lowest BCUT2D eigenvalue weighted by atomic mass is 9.80. The molecule has 2 aromatic carbocycles. The van der Waals surface area contributed by atoms with Crippen LogP contribution in [0.3, 0.4) is 0 Å². The second kappa shape index (κ2) is 11.6. The van der Waals surface area contributed by atoms with Crippen LogP contribution in [0.15, 0.2) is 48.5 Å². The van der Waals surface area contributed by atoms with Crippen molar-refractivity contribution in [2.45, 2.75) is 84.2 Å². The van der Waals surface area contributed by atoms with E-state index >= 15 is 0 Å². The first-order valence-corrected chi connectivity index (χ1v) is 14.0. The summed E-state index contributed by atoms with van der Waals surface area (Å²) in [4.78, 5) is 58.3. The molecule has 4 rings (SSSR count). The summed E-state index contributed by atoms with van der Waals surface area (Å²) in [6.07, 6.45) is 3.69. The molecule has 8 heteroatoms. The highest BCUT2D eigenvalue weighted by atomic mass is 16.5. The average molecular weight is 534 g/mol. The molecule has 2 aliphatic rings. The van der Waals surface area contributed by atoms with Gasteiger partial charge in [-0.1, -0.05) is 51.3 Å². The van der Waals surface area contributed by atoms with Gasteiger partial charge in [0.2, 0.25) is 5.91 Å². The van der Waals surface area contributed by atoms with E-state index in [1.807, 2.05) is 38.1 Å². The number of carbonyl (C=O) groups is 4. The number of ether oxygens (including phenoxy) is 1. The molecule has 1 heterocycles. The van der Waals surface area contributed by atoms with Gasteiger partial charge in [-0.2, -0.15) is 0 Å². The largest absolute Gasteiger partial charge is 0.462 e. The molecule has 1 saturated carbocycles. The molecule has 1 aliphatic heterocycles. The summed E-state index contributed by atoms with van der Waals surface area (Å²) in [7, 11) is 0. The Labute approximate surface area is 230 Å². The molecule has 2 fully saturated rings. The zero-order chi connectivity index (χ0) is 28.3. The van der Waals surface area contributed by atoms with Gasteiger partial charge in [-0.05, 0) is 75.4 Å². The van der Waals surface area contributed by atoms with E-state index in [4.69, 9.17) is 4.74 Å². The Balaban J connectivity index is 1.67. The van der Waals surface area contributed by atoms with Crippen LogP contribution in [0.4, 0.5) is 16.2 Å². The molecule has 2 aromatic rings. The van der Waals surface area contributed by atoms with E-state index in [1.54, 1.807) is 41.0 Å². The van der Waals surface area contributed by atoms with Gasteiger partial charge in [0.05, 0.1) is 12.2 Å². The van der Waals surface area contributed by atoms with E-state index in [9.17, 15) is 19.2 Å². The normalized spacial score (nSPS) is 16.9. The fourth-order valence-corrected chi connectivity index (χ4v) is 5.88. The van der Waals surface area contributed by atoms with Crippen LogP contribution in [0, 0.1) is 0 Å². The molecule has 1 saturated heterocycles. The molecule has 0 N–H and O–H groups in total. The summed E-state index contributed by atoms with van der Waals surface area (Å²) in [5.74, 6) is -0.868. The van der Waals surface area contributed by atoms with Crippen molar-refractivity contribution in [1.29, 1.82) is 0 Å². The van der Waals surface area contributed by atoms with Crippen molar-refractivity contribution in [3.63, 3.8) is 0 Å². The number of nitrogens with zero attached hydrogens (tertiary/aromatic N) is 3. The molecule has 8 nitrogen and oxygen atoms in total. The SMILES string of the molecule is CCOC(=O)c1ccc(N2C(=O)N(CC(=O)N(c3ccccc3C(C)C)C(C)C)C(=O)C23CCCCC3)cc1. The van der Waals surface area contributed by atoms with Crippen molar-refractivity contribution in [1.82, 2.24) is 4.90 Å². The number of benzene rings is 2. The van der Waals surface area contributed by atoms with E-state index in [0.717, 1.165) is 35.4 Å². The number of hydrogen-bond acceptors (Lipinski definition) is 5. The predicted octanol–water partition coefficient (Wildman–Crippen LogP) is 5.90. The smallest absolute Gasteiger partial charge is 0.338 e. The number of para-hydroxylation sites is 1. The number of amides is 4. The summed E-state index contributed by atoms with van der Waals surface area (Å²) in [5.41, 5.74) is 1.71. The number of anilines is 2. The van der Waals surface area contributed by atoms with E-state index < -0.39 is 17.5 Å². The molecular weight excluding hydrogens is 494 g/mol. The Hall–Kier alpha value is -3.68. The first-order chi connectivity index (χ1) is 18.6. The lowest BCUT2D eigenvalue weighted by Crippen LogP contribution is -2.51. The fraction of sp³-hybridized carbons (Fsp3) is 0.484. The van der Waals surface area contributed by atoms with Gasteiger partial charge in [-0.15, -0.1) is 0 Å². The van der Waals surface area contributed by atoms with Crippen LogP contribution in [-0.2, 0) is 14.3 Å². The summed E-state index contributed by atoms with van der Waals surface area (Å²) in [5, 5.41) is 0. The van der Waals surface area contributed by atoms with E-state index in [1.165, 1.54) is 0 Å². The highest BCUT2D eigenvalue weighted by Crippen LogP contribution is 2.43. The van der Waals surface area contributed by atoms with Gasteiger partial charge in [-0.25, -0.2) is 9.59 Å². The number of urea groups is 1. The van der Waals surface area contributed by atoms with Crippen LogP contribution in [0.2, 0.25) is 0 Å². The molecule has 0 atom stereocenters. The minimum atomic E-state index is -1.03. The second-order valence-electron chi connectivity index (χ2n) is 10.9. The highest BCUT2D eigenvalue weighted by Gasteiger charge is 2.58. The molecule has 208 valence electrons. The van der Waals surface area contributed by atoms with Crippen molar-refractivity contribution in [2.75, 3.05) is 23.0 Å². The quantitative estimate of drug-likeness (QED) is 0.311. The second-order valence-corrected chi connectivity index (χ2v) is 10.9. The van der Waals surface area contributed by atoms with Crippen molar-refractivity contribution in [2.24, 2.45) is 0 Å². The minimum absolute atomic E-state index is 0.166. The van der Waals surface area contributed by atoms with Crippen molar-refractivity contribution in [3.8, 4) is 0 Å². The third kappa shape index (κ3) is 5.29. The molecule has 0 bridgehead atoms. The molecule has 0 radical (unpaired) electrons. The molecule has 1 aliphatic carbocycles. The fourth-order valence-electron chi connectivity index (χ4n) is 5.88. The van der Waals surface area contributed by atoms with Crippen LogP contribution in [0.25, 0.3) is 0 Å². The number of esters is 1. The first-order valence-electron chi connectivity index (χ1n) is 14.0. The third-order valence-electron chi connectivity index (χ3n) is 7.71. The Kier molecular flexibility index (Phi) is 8.42. The van der Waals surface area contributed by atoms with Crippen LogP contribution in [0.5, 0.6) is 0 Å². The maximum absolute atomic E-state index is 14.0. The zero-order valence-corrected chi connectivity index (χ0v) is 23.6. The Bertz CT molecular complexity index is 1230. The van der Waals surface area contributed by atoms with Crippen LogP contribution >= 0.6 is 0 Å². The van der Waals surface area contributed by atoms with Gasteiger partial charge < -0.3 is 9.64 Å². The zero-order valence-electron chi connectivity index (χ0n) is 23.6. The Morgan fingerprint density at radius 3 is 2.18 bits per heavy atom. The molecule has 4 amide bonds. The van der Waals surface area contributed by atoms with E-state index in [-0.39, 0.29) is 36.9 Å². The maximum Gasteiger partial charge on any atom is 0.338 e. The third-order valence-corrected chi connectivity index (χ3v) is 7.71. The topological polar surface area (TPSA) is 87.2 Å². The number of carbonyl (C=O) groups excluding carboxylic acids is 4. The summed E-state index contributed by atoms with van der Waals surface area (Å²) in [6.45, 7) is 9.69. The summed E-state index contributed by atoms with van der Waals surface area (Å²) in [6, 6.07) is 13.7. The van der Waals surface area contributed by atoms with Gasteiger partial charge in [-0.3, -0.25) is 19.4 Å². The van der Waals surface area contributed by atoms with Crippen LogP contribution < -0.4 is 9.80 Å². The van der Waals surface area contributed by atoms with Crippen LogP contribution in [0.1, 0.15) is 88.6 Å². The predicted molar refractivity (Wildman–Crippen MR) is 151 cm³/mol. The molecule has 0 aromatic heterocycles. The lowest BCUT2D eigenvalue weighted by Gasteiger charge is -2.38.